The number of carbonyl (C=O) groups is 2. The zero-order valence-electron chi connectivity index (χ0n) is 20.1. The van der Waals surface area contributed by atoms with E-state index in [4.69, 9.17) is 14.2 Å². The normalized spacial score (nSPS) is 10.6. The van der Waals surface area contributed by atoms with E-state index in [1.54, 1.807) is 6.07 Å². The smallest absolute Gasteiger partial charge is 0.337 e. The van der Waals surface area contributed by atoms with Crippen molar-refractivity contribution < 1.29 is 23.8 Å². The van der Waals surface area contributed by atoms with E-state index >= 15 is 0 Å². The van der Waals surface area contributed by atoms with Crippen LogP contribution in [0.1, 0.15) is 48.5 Å². The average Bonchev–Trinajstić information content (AvgIpc) is 2.85. The molecule has 178 valence electrons. The summed E-state index contributed by atoms with van der Waals surface area (Å²) in [7, 11) is 2.91. The van der Waals surface area contributed by atoms with E-state index in [2.05, 4.69) is 5.32 Å². The molecule has 0 saturated heterocycles. The summed E-state index contributed by atoms with van der Waals surface area (Å²) in [5.74, 6) is -0.0810. The molecule has 0 aliphatic carbocycles. The molecule has 0 unspecified atom stereocenters. The minimum absolute atomic E-state index is 0.0524. The van der Waals surface area contributed by atoms with Gasteiger partial charge in [-0.2, -0.15) is 0 Å². The molecule has 3 aromatic carbocycles. The van der Waals surface area contributed by atoms with Crippen LogP contribution in [0.15, 0.2) is 60.7 Å². The number of esters is 1. The van der Waals surface area contributed by atoms with Gasteiger partial charge in [0.05, 0.1) is 18.2 Å². The Kier molecular flexibility index (Phi) is 8.82. The minimum atomic E-state index is -0.355. The first-order valence-electron chi connectivity index (χ1n) is 11.2. The molecule has 0 aromatic heterocycles. The van der Waals surface area contributed by atoms with Gasteiger partial charge in [0.25, 0.3) is 5.91 Å². The molecule has 3 aromatic rings. The van der Waals surface area contributed by atoms with E-state index in [-0.39, 0.29) is 18.7 Å². The van der Waals surface area contributed by atoms with Gasteiger partial charge >= 0.3 is 5.97 Å². The Morgan fingerprint density at radius 2 is 1.59 bits per heavy atom. The number of benzene rings is 3. The second-order valence-electron chi connectivity index (χ2n) is 8.13. The van der Waals surface area contributed by atoms with E-state index in [0.717, 1.165) is 34.2 Å². The molecular formula is C28H31NO5. The number of aryl methyl sites for hydroxylation is 2. The summed E-state index contributed by atoms with van der Waals surface area (Å²) >= 11 is 0. The van der Waals surface area contributed by atoms with E-state index in [1.165, 1.54) is 14.2 Å². The van der Waals surface area contributed by atoms with E-state index in [1.807, 2.05) is 68.4 Å². The van der Waals surface area contributed by atoms with Gasteiger partial charge in [-0.3, -0.25) is 4.79 Å². The number of amides is 1. The summed E-state index contributed by atoms with van der Waals surface area (Å²) in [6.07, 6.45) is 1.36. The topological polar surface area (TPSA) is 73.9 Å². The fourth-order valence-corrected chi connectivity index (χ4v) is 3.89. The first-order chi connectivity index (χ1) is 16.4. The molecule has 0 radical (unpaired) electrons. The second-order valence-corrected chi connectivity index (χ2v) is 8.13. The highest BCUT2D eigenvalue weighted by Crippen LogP contribution is 2.25. The van der Waals surface area contributed by atoms with Crippen LogP contribution in [0.5, 0.6) is 5.75 Å². The van der Waals surface area contributed by atoms with E-state index < -0.39 is 0 Å². The lowest BCUT2D eigenvalue weighted by Gasteiger charge is -2.15. The van der Waals surface area contributed by atoms with Crippen molar-refractivity contribution in [3.63, 3.8) is 0 Å². The van der Waals surface area contributed by atoms with Crippen molar-refractivity contribution in [2.75, 3.05) is 27.6 Å². The first-order valence-corrected chi connectivity index (χ1v) is 11.2. The number of rotatable bonds is 10. The Morgan fingerprint density at radius 3 is 2.24 bits per heavy atom. The Balaban J connectivity index is 1.80. The Morgan fingerprint density at radius 1 is 0.882 bits per heavy atom. The highest BCUT2D eigenvalue weighted by atomic mass is 16.7. The molecule has 0 aliphatic rings. The fraction of sp³-hybridized carbons (Fsp3) is 0.286. The molecule has 34 heavy (non-hydrogen) atoms. The molecule has 1 N–H and O–H groups in total. The van der Waals surface area contributed by atoms with Crippen molar-refractivity contribution in [3.8, 4) is 5.75 Å². The molecule has 0 atom stereocenters. The maximum absolute atomic E-state index is 13.0. The highest BCUT2D eigenvalue weighted by Gasteiger charge is 2.16. The average molecular weight is 462 g/mol. The lowest BCUT2D eigenvalue weighted by atomic mass is 9.93. The van der Waals surface area contributed by atoms with Crippen LogP contribution in [0.4, 0.5) is 0 Å². The molecule has 6 heteroatoms. The van der Waals surface area contributed by atoms with Crippen LogP contribution in [0, 0.1) is 13.8 Å². The molecule has 0 aliphatic heterocycles. The number of hydrogen-bond acceptors (Lipinski definition) is 5. The van der Waals surface area contributed by atoms with Crippen LogP contribution in [-0.4, -0.2) is 39.4 Å². The van der Waals surface area contributed by atoms with Gasteiger partial charge < -0.3 is 19.5 Å². The van der Waals surface area contributed by atoms with Gasteiger partial charge in [-0.05, 0) is 78.8 Å². The minimum Gasteiger partial charge on any atom is -0.467 e. The monoisotopic (exact) mass is 461 g/mol. The quantitative estimate of drug-likeness (QED) is 0.352. The van der Waals surface area contributed by atoms with Crippen LogP contribution in [0.3, 0.4) is 0 Å². The Hall–Kier alpha value is -3.64. The molecule has 0 heterocycles. The SMILES string of the molecule is COCOc1ccc(Cc2c(C)cc(C(=O)OC)cc2C)cc1C(=O)NCCc1ccccc1. The molecule has 0 bridgehead atoms. The lowest BCUT2D eigenvalue weighted by Crippen LogP contribution is -2.26. The third kappa shape index (κ3) is 6.45. The van der Waals surface area contributed by atoms with Crippen molar-refractivity contribution >= 4 is 11.9 Å². The van der Waals surface area contributed by atoms with Crippen LogP contribution in [0.25, 0.3) is 0 Å². The van der Waals surface area contributed by atoms with Gasteiger partial charge in [-0.15, -0.1) is 0 Å². The van der Waals surface area contributed by atoms with Crippen molar-refractivity contribution in [1.29, 1.82) is 0 Å². The first kappa shape index (κ1) is 25.0. The fourth-order valence-electron chi connectivity index (χ4n) is 3.89. The van der Waals surface area contributed by atoms with Crippen molar-refractivity contribution in [2.45, 2.75) is 26.7 Å². The summed E-state index contributed by atoms with van der Waals surface area (Å²) < 4.78 is 15.5. The Labute approximate surface area is 200 Å². The van der Waals surface area contributed by atoms with Crippen molar-refractivity contribution in [1.82, 2.24) is 5.32 Å². The van der Waals surface area contributed by atoms with Crippen molar-refractivity contribution in [2.24, 2.45) is 0 Å². The zero-order chi connectivity index (χ0) is 24.5. The molecule has 0 saturated carbocycles. The van der Waals surface area contributed by atoms with Crippen LogP contribution in [0.2, 0.25) is 0 Å². The number of nitrogens with one attached hydrogen (secondary N) is 1. The Bertz CT molecular complexity index is 1120. The van der Waals surface area contributed by atoms with Gasteiger partial charge in [-0.1, -0.05) is 36.4 Å². The van der Waals surface area contributed by atoms with Gasteiger partial charge in [0.1, 0.15) is 5.75 Å². The third-order valence-electron chi connectivity index (χ3n) is 5.66. The highest BCUT2D eigenvalue weighted by molar-refractivity contribution is 5.97. The summed E-state index contributed by atoms with van der Waals surface area (Å²) in [5, 5.41) is 2.99. The molecule has 0 spiro atoms. The predicted octanol–water partition coefficient (Wildman–Crippen LogP) is 4.64. The molecule has 6 nitrogen and oxygen atoms in total. The predicted molar refractivity (Wildman–Crippen MR) is 131 cm³/mol. The van der Waals surface area contributed by atoms with Crippen LogP contribution < -0.4 is 10.1 Å². The summed E-state index contributed by atoms with van der Waals surface area (Å²) in [6, 6.07) is 19.3. The summed E-state index contributed by atoms with van der Waals surface area (Å²) in [5.41, 5.74) is 6.22. The molecular weight excluding hydrogens is 430 g/mol. The molecule has 0 fully saturated rings. The number of carbonyl (C=O) groups excluding carboxylic acids is 2. The second kappa shape index (κ2) is 12.0. The lowest BCUT2D eigenvalue weighted by molar-refractivity contribution is 0.0501. The third-order valence-corrected chi connectivity index (χ3v) is 5.66. The van der Waals surface area contributed by atoms with Gasteiger partial charge in [-0.25, -0.2) is 4.79 Å². The number of methoxy groups -OCH3 is 2. The zero-order valence-corrected chi connectivity index (χ0v) is 20.1. The van der Waals surface area contributed by atoms with E-state index in [0.29, 0.717) is 29.8 Å². The number of hydrogen-bond donors (Lipinski definition) is 1. The van der Waals surface area contributed by atoms with Gasteiger partial charge in [0, 0.05) is 13.7 Å². The largest absolute Gasteiger partial charge is 0.467 e. The van der Waals surface area contributed by atoms with Crippen LogP contribution in [-0.2, 0) is 22.3 Å². The van der Waals surface area contributed by atoms with Gasteiger partial charge in [0.2, 0.25) is 0 Å². The van der Waals surface area contributed by atoms with Gasteiger partial charge in [0.15, 0.2) is 6.79 Å². The summed E-state index contributed by atoms with van der Waals surface area (Å²) in [4.78, 5) is 24.9. The van der Waals surface area contributed by atoms with E-state index in [9.17, 15) is 9.59 Å². The molecule has 1 amide bonds. The maximum atomic E-state index is 13.0. The number of ether oxygens (including phenoxy) is 3. The van der Waals surface area contributed by atoms with Crippen molar-refractivity contribution in [3.05, 3.63) is 99.6 Å². The molecule has 3 rings (SSSR count). The van der Waals surface area contributed by atoms with Crippen LogP contribution >= 0.6 is 0 Å². The standard InChI is InChI=1S/C28H31NO5/c1-19-14-23(28(31)33-4)15-20(2)24(19)16-22-10-11-26(34-18-32-3)25(17-22)27(30)29-13-12-21-8-6-5-7-9-21/h5-11,14-15,17H,12-13,16,18H2,1-4H3,(H,29,30). The summed E-state index contributed by atoms with van der Waals surface area (Å²) in [6.45, 7) is 4.52. The maximum Gasteiger partial charge on any atom is 0.337 e.